The molecule has 2 atom stereocenters. The molecule has 1 fully saturated rings. The third kappa shape index (κ3) is 2.68. The Balaban J connectivity index is 2.23. The van der Waals surface area contributed by atoms with Crippen molar-refractivity contribution < 1.29 is 13.9 Å². The maximum absolute atomic E-state index is 13.4. The molecule has 0 amide bonds. The predicted molar refractivity (Wildman–Crippen MR) is 68.0 cm³/mol. The SMILES string of the molecule is COC(=O)C1CN(c2cc(F)cc(C#N)c2)CC1C. The molecule has 0 spiro atoms. The van der Waals surface area contributed by atoms with E-state index in [1.807, 2.05) is 17.9 Å². The Morgan fingerprint density at radius 1 is 1.47 bits per heavy atom. The first-order chi connectivity index (χ1) is 9.05. The van der Waals surface area contributed by atoms with Crippen LogP contribution in [-0.4, -0.2) is 26.2 Å². The Morgan fingerprint density at radius 3 is 2.84 bits per heavy atom. The maximum Gasteiger partial charge on any atom is 0.310 e. The summed E-state index contributed by atoms with van der Waals surface area (Å²) < 4.78 is 18.2. The molecule has 0 radical (unpaired) electrons. The summed E-state index contributed by atoms with van der Waals surface area (Å²) in [5.41, 5.74) is 0.916. The first-order valence-electron chi connectivity index (χ1n) is 6.08. The third-order valence-corrected chi connectivity index (χ3v) is 3.49. The van der Waals surface area contributed by atoms with Gasteiger partial charge < -0.3 is 9.64 Å². The lowest BCUT2D eigenvalue weighted by molar-refractivity contribution is -0.145. The zero-order valence-corrected chi connectivity index (χ0v) is 10.9. The van der Waals surface area contributed by atoms with Crippen LogP contribution in [-0.2, 0) is 9.53 Å². The van der Waals surface area contributed by atoms with Gasteiger partial charge in [0.1, 0.15) is 5.82 Å². The number of nitriles is 1. The highest BCUT2D eigenvalue weighted by Crippen LogP contribution is 2.29. The van der Waals surface area contributed by atoms with Crippen LogP contribution >= 0.6 is 0 Å². The number of hydrogen-bond donors (Lipinski definition) is 0. The van der Waals surface area contributed by atoms with E-state index in [0.29, 0.717) is 18.8 Å². The van der Waals surface area contributed by atoms with Gasteiger partial charge in [-0.05, 0) is 24.1 Å². The number of carbonyl (C=O) groups is 1. The van der Waals surface area contributed by atoms with Gasteiger partial charge in [0.25, 0.3) is 0 Å². The predicted octanol–water partition coefficient (Wildman–Crippen LogP) is 1.94. The standard InChI is InChI=1S/C14H15FN2O2/c1-9-7-17(8-13(9)14(18)19-2)12-4-10(6-16)3-11(15)5-12/h3-5,9,13H,7-8H2,1-2H3. The fourth-order valence-electron chi connectivity index (χ4n) is 2.46. The monoisotopic (exact) mass is 262 g/mol. The molecule has 2 unspecified atom stereocenters. The van der Waals surface area contributed by atoms with Crippen molar-refractivity contribution >= 4 is 11.7 Å². The van der Waals surface area contributed by atoms with Crippen molar-refractivity contribution in [3.63, 3.8) is 0 Å². The highest BCUT2D eigenvalue weighted by atomic mass is 19.1. The van der Waals surface area contributed by atoms with Gasteiger partial charge in [-0.1, -0.05) is 6.92 Å². The number of hydrogen-bond acceptors (Lipinski definition) is 4. The second-order valence-corrected chi connectivity index (χ2v) is 4.82. The largest absolute Gasteiger partial charge is 0.469 e. The number of methoxy groups -OCH3 is 1. The lowest BCUT2D eigenvalue weighted by Crippen LogP contribution is -2.24. The molecular formula is C14H15FN2O2. The first-order valence-corrected chi connectivity index (χ1v) is 6.08. The fraction of sp³-hybridized carbons (Fsp3) is 0.429. The molecule has 19 heavy (non-hydrogen) atoms. The molecule has 1 aliphatic rings. The average Bonchev–Trinajstić information content (AvgIpc) is 2.79. The Hall–Kier alpha value is -2.09. The van der Waals surface area contributed by atoms with E-state index in [-0.39, 0.29) is 23.4 Å². The van der Waals surface area contributed by atoms with Gasteiger partial charge in [-0.3, -0.25) is 4.79 Å². The molecule has 1 heterocycles. The maximum atomic E-state index is 13.4. The zero-order valence-electron chi connectivity index (χ0n) is 10.9. The molecule has 5 heteroatoms. The van der Waals surface area contributed by atoms with Crippen molar-refractivity contribution in [3.05, 3.63) is 29.6 Å². The molecule has 0 saturated carbocycles. The van der Waals surface area contributed by atoms with Crippen LogP contribution in [0.3, 0.4) is 0 Å². The molecule has 1 aliphatic heterocycles. The minimum atomic E-state index is -0.441. The average molecular weight is 262 g/mol. The normalized spacial score (nSPS) is 22.1. The van der Waals surface area contributed by atoms with Crippen LogP contribution in [0.15, 0.2) is 18.2 Å². The number of halogens is 1. The van der Waals surface area contributed by atoms with Crippen molar-refractivity contribution in [2.45, 2.75) is 6.92 Å². The third-order valence-electron chi connectivity index (χ3n) is 3.49. The lowest BCUT2D eigenvalue weighted by Gasteiger charge is -2.18. The van der Waals surface area contributed by atoms with Gasteiger partial charge in [-0.15, -0.1) is 0 Å². The molecule has 2 rings (SSSR count). The fourth-order valence-corrected chi connectivity index (χ4v) is 2.46. The van der Waals surface area contributed by atoms with E-state index in [2.05, 4.69) is 0 Å². The number of anilines is 1. The van der Waals surface area contributed by atoms with Crippen molar-refractivity contribution in [2.75, 3.05) is 25.1 Å². The molecule has 0 N–H and O–H groups in total. The topological polar surface area (TPSA) is 53.3 Å². The number of benzene rings is 1. The molecule has 1 saturated heterocycles. The van der Waals surface area contributed by atoms with Crippen LogP contribution in [0.25, 0.3) is 0 Å². The minimum absolute atomic E-state index is 0.140. The molecule has 1 aromatic carbocycles. The Morgan fingerprint density at radius 2 is 2.21 bits per heavy atom. The van der Waals surface area contributed by atoms with E-state index in [4.69, 9.17) is 10.00 Å². The number of esters is 1. The molecule has 0 aromatic heterocycles. The van der Waals surface area contributed by atoms with Gasteiger partial charge in [0.15, 0.2) is 0 Å². The summed E-state index contributed by atoms with van der Waals surface area (Å²) in [6, 6.07) is 6.14. The number of rotatable bonds is 2. The van der Waals surface area contributed by atoms with E-state index in [1.165, 1.54) is 19.2 Å². The summed E-state index contributed by atoms with van der Waals surface area (Å²) in [5, 5.41) is 8.85. The molecule has 1 aromatic rings. The quantitative estimate of drug-likeness (QED) is 0.764. The number of carbonyl (C=O) groups excluding carboxylic acids is 1. The Labute approximate surface area is 111 Å². The summed E-state index contributed by atoms with van der Waals surface area (Å²) in [5.74, 6) is -0.754. The summed E-state index contributed by atoms with van der Waals surface area (Å²) in [6.07, 6.45) is 0. The van der Waals surface area contributed by atoms with Crippen LogP contribution < -0.4 is 4.90 Å². The van der Waals surface area contributed by atoms with Crippen molar-refractivity contribution in [3.8, 4) is 6.07 Å². The van der Waals surface area contributed by atoms with Gasteiger partial charge in [0, 0.05) is 18.8 Å². The highest BCUT2D eigenvalue weighted by Gasteiger charge is 2.35. The summed E-state index contributed by atoms with van der Waals surface area (Å²) >= 11 is 0. The smallest absolute Gasteiger partial charge is 0.310 e. The summed E-state index contributed by atoms with van der Waals surface area (Å²) in [7, 11) is 1.37. The van der Waals surface area contributed by atoms with Gasteiger partial charge in [0.2, 0.25) is 0 Å². The zero-order chi connectivity index (χ0) is 14.0. The molecule has 0 bridgehead atoms. The van der Waals surface area contributed by atoms with E-state index in [9.17, 15) is 9.18 Å². The lowest BCUT2D eigenvalue weighted by atomic mass is 9.99. The van der Waals surface area contributed by atoms with E-state index in [1.54, 1.807) is 6.07 Å². The Bertz CT molecular complexity index is 539. The molecule has 4 nitrogen and oxygen atoms in total. The van der Waals surface area contributed by atoms with Crippen molar-refractivity contribution in [1.29, 1.82) is 5.26 Å². The van der Waals surface area contributed by atoms with Gasteiger partial charge in [-0.25, -0.2) is 4.39 Å². The van der Waals surface area contributed by atoms with Gasteiger partial charge >= 0.3 is 5.97 Å². The van der Waals surface area contributed by atoms with E-state index < -0.39 is 5.82 Å². The summed E-state index contributed by atoms with van der Waals surface area (Å²) in [4.78, 5) is 13.5. The number of nitrogens with zero attached hydrogens (tertiary/aromatic N) is 2. The molecular weight excluding hydrogens is 247 g/mol. The van der Waals surface area contributed by atoms with Gasteiger partial charge in [-0.2, -0.15) is 5.26 Å². The first kappa shape index (κ1) is 13.3. The molecule has 0 aliphatic carbocycles. The second-order valence-electron chi connectivity index (χ2n) is 4.82. The van der Waals surface area contributed by atoms with Crippen molar-refractivity contribution in [1.82, 2.24) is 0 Å². The van der Waals surface area contributed by atoms with Crippen LogP contribution in [0, 0.1) is 29.0 Å². The molecule has 100 valence electrons. The summed E-state index contributed by atoms with van der Waals surface area (Å²) in [6.45, 7) is 3.10. The van der Waals surface area contributed by atoms with Gasteiger partial charge in [0.05, 0.1) is 24.7 Å². The number of ether oxygens (including phenoxy) is 1. The van der Waals surface area contributed by atoms with Crippen LogP contribution in [0.1, 0.15) is 12.5 Å². The van der Waals surface area contributed by atoms with Crippen LogP contribution in [0.5, 0.6) is 0 Å². The van der Waals surface area contributed by atoms with Crippen LogP contribution in [0.4, 0.5) is 10.1 Å². The Kier molecular flexibility index (Phi) is 3.70. The van der Waals surface area contributed by atoms with E-state index in [0.717, 1.165) is 0 Å². The van der Waals surface area contributed by atoms with E-state index >= 15 is 0 Å². The minimum Gasteiger partial charge on any atom is -0.469 e. The van der Waals surface area contributed by atoms with Crippen LogP contribution in [0.2, 0.25) is 0 Å². The second kappa shape index (κ2) is 5.27. The highest BCUT2D eigenvalue weighted by molar-refractivity contribution is 5.74. The van der Waals surface area contributed by atoms with Crippen molar-refractivity contribution in [2.24, 2.45) is 11.8 Å².